The van der Waals surface area contributed by atoms with Crippen LogP contribution in [0.5, 0.6) is 0 Å². The molecule has 4 N–H and O–H groups in total. The topological polar surface area (TPSA) is 75.4 Å². The normalized spacial score (nSPS) is 22.4. The van der Waals surface area contributed by atoms with Crippen LogP contribution in [0.2, 0.25) is 10.0 Å². The predicted molar refractivity (Wildman–Crippen MR) is 71.9 cm³/mol. The van der Waals surface area contributed by atoms with Gasteiger partial charge in [0.2, 0.25) is 0 Å². The zero-order valence-corrected chi connectivity index (χ0v) is 11.1. The SMILES string of the molecule is Nc1c(Cl)cc(C(=O)NCC2CC(O)C2)cc1Cl. The minimum atomic E-state index is -0.236. The molecule has 1 aromatic rings. The minimum Gasteiger partial charge on any atom is -0.396 e. The molecule has 0 radical (unpaired) electrons. The Morgan fingerprint density at radius 2 is 1.94 bits per heavy atom. The summed E-state index contributed by atoms with van der Waals surface area (Å²) in [6, 6.07) is 2.99. The molecular weight excluding hydrogens is 275 g/mol. The second-order valence-corrected chi connectivity index (χ2v) is 5.37. The lowest BCUT2D eigenvalue weighted by atomic mass is 9.82. The van der Waals surface area contributed by atoms with Gasteiger partial charge in [0, 0.05) is 12.1 Å². The molecule has 4 nitrogen and oxygen atoms in total. The van der Waals surface area contributed by atoms with Crippen LogP contribution in [0, 0.1) is 5.92 Å². The third-order valence-electron chi connectivity index (χ3n) is 3.10. The Morgan fingerprint density at radius 1 is 1.39 bits per heavy atom. The van der Waals surface area contributed by atoms with E-state index in [1.807, 2.05) is 0 Å². The zero-order chi connectivity index (χ0) is 13.3. The molecule has 18 heavy (non-hydrogen) atoms. The second kappa shape index (κ2) is 5.34. The molecule has 1 amide bonds. The van der Waals surface area contributed by atoms with E-state index < -0.39 is 0 Å². The molecule has 6 heteroatoms. The van der Waals surface area contributed by atoms with Crippen molar-refractivity contribution in [2.24, 2.45) is 5.92 Å². The number of benzene rings is 1. The van der Waals surface area contributed by atoms with E-state index in [9.17, 15) is 4.79 Å². The van der Waals surface area contributed by atoms with Crippen molar-refractivity contribution in [1.82, 2.24) is 5.32 Å². The van der Waals surface area contributed by atoms with Crippen molar-refractivity contribution >= 4 is 34.8 Å². The summed E-state index contributed by atoms with van der Waals surface area (Å²) in [6.45, 7) is 0.551. The summed E-state index contributed by atoms with van der Waals surface area (Å²) < 4.78 is 0. The van der Waals surface area contributed by atoms with Crippen molar-refractivity contribution in [3.05, 3.63) is 27.7 Å². The highest BCUT2D eigenvalue weighted by Gasteiger charge is 2.27. The van der Waals surface area contributed by atoms with Gasteiger partial charge in [0.25, 0.3) is 5.91 Å². The van der Waals surface area contributed by atoms with E-state index in [4.69, 9.17) is 34.0 Å². The van der Waals surface area contributed by atoms with E-state index in [-0.39, 0.29) is 27.7 Å². The van der Waals surface area contributed by atoms with E-state index in [0.29, 0.717) is 18.0 Å². The summed E-state index contributed by atoms with van der Waals surface area (Å²) in [5, 5.41) is 12.5. The maximum Gasteiger partial charge on any atom is 0.251 e. The molecule has 0 spiro atoms. The highest BCUT2D eigenvalue weighted by Crippen LogP contribution is 2.29. The first-order valence-electron chi connectivity index (χ1n) is 5.68. The summed E-state index contributed by atoms with van der Waals surface area (Å²) in [7, 11) is 0. The van der Waals surface area contributed by atoms with Gasteiger partial charge in [-0.05, 0) is 30.9 Å². The number of anilines is 1. The van der Waals surface area contributed by atoms with Gasteiger partial charge >= 0.3 is 0 Å². The molecule has 0 atom stereocenters. The minimum absolute atomic E-state index is 0.215. The number of nitrogen functional groups attached to an aromatic ring is 1. The number of hydrogen-bond acceptors (Lipinski definition) is 3. The number of aliphatic hydroxyl groups is 1. The van der Waals surface area contributed by atoms with E-state index in [2.05, 4.69) is 5.32 Å². The van der Waals surface area contributed by atoms with Gasteiger partial charge in [0.05, 0.1) is 21.8 Å². The third kappa shape index (κ3) is 2.88. The highest BCUT2D eigenvalue weighted by atomic mass is 35.5. The molecular formula is C12H14Cl2N2O2. The number of carbonyl (C=O) groups is 1. The van der Waals surface area contributed by atoms with Gasteiger partial charge in [-0.25, -0.2) is 0 Å². The van der Waals surface area contributed by atoms with Gasteiger partial charge < -0.3 is 16.2 Å². The number of aliphatic hydroxyl groups excluding tert-OH is 1. The number of hydrogen-bond donors (Lipinski definition) is 3. The Labute approximate surface area is 115 Å². The highest BCUT2D eigenvalue weighted by molar-refractivity contribution is 6.39. The van der Waals surface area contributed by atoms with Crippen molar-refractivity contribution in [2.75, 3.05) is 12.3 Å². The molecule has 0 heterocycles. The standard InChI is InChI=1S/C12H14Cl2N2O2/c13-9-3-7(4-10(14)11(9)15)12(18)16-5-6-1-8(17)2-6/h3-4,6,8,17H,1-2,5,15H2,(H,16,18). The van der Waals surface area contributed by atoms with E-state index >= 15 is 0 Å². The number of nitrogens with two attached hydrogens (primary N) is 1. The van der Waals surface area contributed by atoms with Crippen molar-refractivity contribution in [2.45, 2.75) is 18.9 Å². The maximum absolute atomic E-state index is 11.9. The molecule has 1 aliphatic rings. The molecule has 0 aliphatic heterocycles. The van der Waals surface area contributed by atoms with Crippen molar-refractivity contribution in [1.29, 1.82) is 0 Å². The Kier molecular flexibility index (Phi) is 4.00. The molecule has 1 saturated carbocycles. The van der Waals surface area contributed by atoms with Crippen LogP contribution < -0.4 is 11.1 Å². The van der Waals surface area contributed by atoms with E-state index in [0.717, 1.165) is 12.8 Å². The van der Waals surface area contributed by atoms with Crippen LogP contribution in [0.1, 0.15) is 23.2 Å². The Bertz CT molecular complexity index is 450. The van der Waals surface area contributed by atoms with Gasteiger partial charge in [0.15, 0.2) is 0 Å². The van der Waals surface area contributed by atoms with Crippen LogP contribution >= 0.6 is 23.2 Å². The fraction of sp³-hybridized carbons (Fsp3) is 0.417. The molecule has 0 bridgehead atoms. The van der Waals surface area contributed by atoms with E-state index in [1.54, 1.807) is 0 Å². The lowest BCUT2D eigenvalue weighted by molar-refractivity contribution is 0.0420. The number of nitrogens with one attached hydrogen (secondary N) is 1. The summed E-state index contributed by atoms with van der Waals surface area (Å²) >= 11 is 11.7. The van der Waals surface area contributed by atoms with Crippen molar-refractivity contribution in [3.8, 4) is 0 Å². The van der Waals surface area contributed by atoms with Gasteiger partial charge in [-0.3, -0.25) is 4.79 Å². The number of halogens is 2. The van der Waals surface area contributed by atoms with Gasteiger partial charge in [0.1, 0.15) is 0 Å². The molecule has 2 rings (SSSR count). The molecule has 0 saturated heterocycles. The Balaban J connectivity index is 1.96. The maximum atomic E-state index is 11.9. The number of amides is 1. The van der Waals surface area contributed by atoms with Crippen LogP contribution in [0.15, 0.2) is 12.1 Å². The Morgan fingerprint density at radius 3 is 2.44 bits per heavy atom. The molecule has 0 aromatic heterocycles. The smallest absolute Gasteiger partial charge is 0.251 e. The summed E-state index contributed by atoms with van der Waals surface area (Å²) in [6.07, 6.45) is 1.26. The second-order valence-electron chi connectivity index (χ2n) is 4.55. The van der Waals surface area contributed by atoms with Gasteiger partial charge in [-0.1, -0.05) is 23.2 Å². The van der Waals surface area contributed by atoms with Gasteiger partial charge in [-0.2, -0.15) is 0 Å². The first kappa shape index (κ1) is 13.5. The van der Waals surface area contributed by atoms with Crippen LogP contribution in [-0.4, -0.2) is 23.7 Å². The number of rotatable bonds is 3. The average Bonchev–Trinajstić information content (AvgIpc) is 2.29. The zero-order valence-electron chi connectivity index (χ0n) is 9.62. The van der Waals surface area contributed by atoms with Crippen LogP contribution in [0.4, 0.5) is 5.69 Å². The first-order chi connectivity index (χ1) is 8.47. The lowest BCUT2D eigenvalue weighted by Gasteiger charge is -2.31. The first-order valence-corrected chi connectivity index (χ1v) is 6.43. The van der Waals surface area contributed by atoms with E-state index in [1.165, 1.54) is 12.1 Å². The molecule has 1 aliphatic carbocycles. The number of carbonyl (C=O) groups excluding carboxylic acids is 1. The Hall–Kier alpha value is -0.970. The molecule has 1 aromatic carbocycles. The predicted octanol–water partition coefficient (Wildman–Crippen LogP) is 2.08. The molecule has 0 unspecified atom stereocenters. The molecule has 1 fully saturated rings. The monoisotopic (exact) mass is 288 g/mol. The molecule has 98 valence electrons. The summed E-state index contributed by atoms with van der Waals surface area (Å²) in [5.41, 5.74) is 6.26. The van der Waals surface area contributed by atoms with Crippen molar-refractivity contribution in [3.63, 3.8) is 0 Å². The fourth-order valence-corrected chi connectivity index (χ4v) is 2.41. The van der Waals surface area contributed by atoms with Crippen LogP contribution in [0.25, 0.3) is 0 Å². The fourth-order valence-electron chi connectivity index (χ4n) is 1.92. The van der Waals surface area contributed by atoms with Crippen LogP contribution in [0.3, 0.4) is 0 Å². The largest absolute Gasteiger partial charge is 0.396 e. The summed E-state index contributed by atoms with van der Waals surface area (Å²) in [4.78, 5) is 11.9. The quantitative estimate of drug-likeness (QED) is 0.746. The van der Waals surface area contributed by atoms with Crippen molar-refractivity contribution < 1.29 is 9.90 Å². The van der Waals surface area contributed by atoms with Gasteiger partial charge in [-0.15, -0.1) is 0 Å². The van der Waals surface area contributed by atoms with Crippen LogP contribution in [-0.2, 0) is 0 Å². The lowest BCUT2D eigenvalue weighted by Crippen LogP contribution is -2.38. The summed E-state index contributed by atoms with van der Waals surface area (Å²) in [5.74, 6) is 0.115. The third-order valence-corrected chi connectivity index (χ3v) is 3.73. The average molecular weight is 289 g/mol.